The van der Waals surface area contributed by atoms with Gasteiger partial charge in [-0.05, 0) is 57.2 Å². The lowest BCUT2D eigenvalue weighted by Crippen LogP contribution is -2.54. The second-order valence-electron chi connectivity index (χ2n) is 9.88. The number of rotatable bonds is 3. The van der Waals surface area contributed by atoms with Crippen molar-refractivity contribution in [3.63, 3.8) is 0 Å². The zero-order valence-corrected chi connectivity index (χ0v) is 18.9. The molecule has 31 heavy (non-hydrogen) atoms. The monoisotopic (exact) mass is 427 g/mol. The SMILES string of the molecule is Cc1cc(C2(Cc3nc(=O)c(O)c4n3CC(C)(C)N(C)C4=O)CCCC2)cc(C)c1F. The number of aromatic nitrogens is 2. The van der Waals surface area contributed by atoms with Crippen molar-refractivity contribution in [2.24, 2.45) is 0 Å². The molecule has 1 aliphatic heterocycles. The van der Waals surface area contributed by atoms with E-state index in [1.165, 1.54) is 0 Å². The summed E-state index contributed by atoms with van der Waals surface area (Å²) in [6, 6.07) is 3.82. The topological polar surface area (TPSA) is 75.4 Å². The number of fused-ring (bicyclic) bond motifs is 1. The average Bonchev–Trinajstić information content (AvgIpc) is 3.17. The normalized spacial score (nSPS) is 19.5. The zero-order valence-electron chi connectivity index (χ0n) is 18.9. The van der Waals surface area contributed by atoms with Gasteiger partial charge in [0.05, 0.1) is 5.54 Å². The zero-order chi connectivity index (χ0) is 22.7. The smallest absolute Gasteiger partial charge is 0.315 e. The van der Waals surface area contributed by atoms with Gasteiger partial charge < -0.3 is 14.6 Å². The van der Waals surface area contributed by atoms with Crippen LogP contribution < -0.4 is 5.56 Å². The van der Waals surface area contributed by atoms with Gasteiger partial charge in [-0.1, -0.05) is 25.0 Å². The minimum atomic E-state index is -0.776. The molecular formula is C24H30FN3O3. The van der Waals surface area contributed by atoms with Gasteiger partial charge in [0.15, 0.2) is 5.69 Å². The molecule has 1 N–H and O–H groups in total. The third-order valence-electron chi connectivity index (χ3n) is 7.31. The highest BCUT2D eigenvalue weighted by atomic mass is 19.1. The van der Waals surface area contributed by atoms with Gasteiger partial charge in [0.1, 0.15) is 11.6 Å². The second-order valence-corrected chi connectivity index (χ2v) is 9.88. The van der Waals surface area contributed by atoms with Crippen LogP contribution in [-0.4, -0.2) is 38.1 Å². The Morgan fingerprint density at radius 1 is 1.13 bits per heavy atom. The van der Waals surface area contributed by atoms with E-state index in [-0.39, 0.29) is 22.8 Å². The van der Waals surface area contributed by atoms with E-state index in [4.69, 9.17) is 0 Å². The molecule has 1 amide bonds. The molecule has 1 aromatic carbocycles. The number of carbonyl (C=O) groups excluding carboxylic acids is 1. The van der Waals surface area contributed by atoms with E-state index in [0.29, 0.717) is 29.9 Å². The maximum absolute atomic E-state index is 14.3. The lowest BCUT2D eigenvalue weighted by atomic mass is 9.74. The molecule has 2 aromatic rings. The summed E-state index contributed by atoms with van der Waals surface area (Å²) in [6.07, 6.45) is 4.35. The second kappa shape index (κ2) is 7.18. The number of likely N-dealkylation sites (N-methyl/N-ethyl adjacent to an activating group) is 1. The molecular weight excluding hydrogens is 397 g/mol. The fourth-order valence-corrected chi connectivity index (χ4v) is 5.21. The van der Waals surface area contributed by atoms with Crippen molar-refractivity contribution in [2.75, 3.05) is 7.05 Å². The van der Waals surface area contributed by atoms with Gasteiger partial charge in [-0.2, -0.15) is 4.98 Å². The summed E-state index contributed by atoms with van der Waals surface area (Å²) in [7, 11) is 1.68. The van der Waals surface area contributed by atoms with Crippen LogP contribution in [0.4, 0.5) is 4.39 Å². The number of hydrogen-bond donors (Lipinski definition) is 1. The van der Waals surface area contributed by atoms with E-state index in [2.05, 4.69) is 4.98 Å². The number of hydrogen-bond acceptors (Lipinski definition) is 4. The van der Waals surface area contributed by atoms with Crippen LogP contribution in [0.5, 0.6) is 5.75 Å². The van der Waals surface area contributed by atoms with Crippen LogP contribution in [0, 0.1) is 19.7 Å². The van der Waals surface area contributed by atoms with Crippen LogP contribution >= 0.6 is 0 Å². The Bertz CT molecular complexity index is 1110. The largest absolute Gasteiger partial charge is 0.501 e. The molecule has 1 aliphatic carbocycles. The molecule has 7 heteroatoms. The van der Waals surface area contributed by atoms with E-state index in [9.17, 15) is 19.1 Å². The number of benzene rings is 1. The summed E-state index contributed by atoms with van der Waals surface area (Å²) in [5, 5.41) is 10.4. The highest BCUT2D eigenvalue weighted by molar-refractivity contribution is 5.96. The molecule has 1 fully saturated rings. The molecule has 0 radical (unpaired) electrons. The number of aryl methyl sites for hydroxylation is 2. The predicted molar refractivity (Wildman–Crippen MR) is 116 cm³/mol. The van der Waals surface area contributed by atoms with Crippen molar-refractivity contribution in [1.29, 1.82) is 0 Å². The van der Waals surface area contributed by atoms with Gasteiger partial charge in [0, 0.05) is 25.4 Å². The fraction of sp³-hybridized carbons (Fsp3) is 0.542. The molecule has 1 aromatic heterocycles. The minimum absolute atomic E-state index is 0.0106. The van der Waals surface area contributed by atoms with Crippen LogP contribution in [0.2, 0.25) is 0 Å². The molecule has 0 unspecified atom stereocenters. The number of nitrogens with zero attached hydrogens (tertiary/aromatic N) is 3. The summed E-state index contributed by atoms with van der Waals surface area (Å²) < 4.78 is 16.0. The minimum Gasteiger partial charge on any atom is -0.501 e. The summed E-state index contributed by atoms with van der Waals surface area (Å²) in [5.41, 5.74) is 0.731. The first-order valence-electron chi connectivity index (χ1n) is 10.8. The standard InChI is InChI=1S/C24H30FN3O3/c1-14-10-16(11-15(2)18(14)25)24(8-6-7-9-24)12-17-26-21(30)20(29)19-22(31)27(5)23(3,4)13-28(17)19/h10-11,29H,6-9,12-13H2,1-5H3. The maximum atomic E-state index is 14.3. The van der Waals surface area contributed by atoms with Crippen molar-refractivity contribution in [1.82, 2.24) is 14.5 Å². The van der Waals surface area contributed by atoms with Crippen LogP contribution in [-0.2, 0) is 18.4 Å². The number of halogens is 1. The van der Waals surface area contributed by atoms with E-state index in [1.54, 1.807) is 30.4 Å². The molecule has 6 nitrogen and oxygen atoms in total. The van der Waals surface area contributed by atoms with Gasteiger partial charge in [0.2, 0.25) is 5.75 Å². The van der Waals surface area contributed by atoms with Gasteiger partial charge >= 0.3 is 5.56 Å². The van der Waals surface area contributed by atoms with Crippen LogP contribution in [0.25, 0.3) is 0 Å². The summed E-state index contributed by atoms with van der Waals surface area (Å²) >= 11 is 0. The van der Waals surface area contributed by atoms with E-state index in [1.807, 2.05) is 26.0 Å². The maximum Gasteiger partial charge on any atom is 0.315 e. The van der Waals surface area contributed by atoms with Crippen molar-refractivity contribution in [3.05, 3.63) is 56.5 Å². The lowest BCUT2D eigenvalue weighted by Gasteiger charge is -2.42. The number of carbonyl (C=O) groups is 1. The quantitative estimate of drug-likeness (QED) is 0.812. The fourth-order valence-electron chi connectivity index (χ4n) is 5.21. The first-order valence-corrected chi connectivity index (χ1v) is 10.8. The van der Waals surface area contributed by atoms with Crippen molar-refractivity contribution in [2.45, 2.75) is 77.3 Å². The first kappa shape index (κ1) is 21.5. The highest BCUT2D eigenvalue weighted by Crippen LogP contribution is 2.45. The molecule has 166 valence electrons. The first-order chi connectivity index (χ1) is 14.5. The van der Waals surface area contributed by atoms with Crippen LogP contribution in [0.1, 0.15) is 72.5 Å². The van der Waals surface area contributed by atoms with Crippen molar-refractivity contribution < 1.29 is 14.3 Å². The third kappa shape index (κ3) is 3.34. The van der Waals surface area contributed by atoms with Crippen LogP contribution in [0.3, 0.4) is 0 Å². The Morgan fingerprint density at radius 3 is 2.29 bits per heavy atom. The molecule has 0 spiro atoms. The van der Waals surface area contributed by atoms with Gasteiger partial charge in [-0.25, -0.2) is 4.39 Å². The van der Waals surface area contributed by atoms with Gasteiger partial charge in [-0.15, -0.1) is 0 Å². The Labute approximate surface area is 181 Å². The Balaban J connectivity index is 1.88. The van der Waals surface area contributed by atoms with E-state index in [0.717, 1.165) is 31.2 Å². The highest BCUT2D eigenvalue weighted by Gasteiger charge is 2.42. The van der Waals surface area contributed by atoms with Crippen molar-refractivity contribution in [3.8, 4) is 5.75 Å². The number of amides is 1. The Hall–Kier alpha value is -2.70. The predicted octanol–water partition coefficient (Wildman–Crippen LogP) is 3.62. The number of aromatic hydroxyl groups is 1. The Kier molecular flexibility index (Phi) is 4.98. The summed E-state index contributed by atoms with van der Waals surface area (Å²) in [4.78, 5) is 31.3. The molecule has 0 bridgehead atoms. The molecule has 1 saturated carbocycles. The lowest BCUT2D eigenvalue weighted by molar-refractivity contribution is 0.0491. The van der Waals surface area contributed by atoms with Gasteiger partial charge in [0.25, 0.3) is 5.91 Å². The third-order valence-corrected chi connectivity index (χ3v) is 7.31. The molecule has 4 rings (SSSR count). The molecule has 2 heterocycles. The van der Waals surface area contributed by atoms with E-state index < -0.39 is 16.8 Å². The van der Waals surface area contributed by atoms with Crippen molar-refractivity contribution >= 4 is 5.91 Å². The summed E-state index contributed by atoms with van der Waals surface area (Å²) in [6.45, 7) is 7.88. The van der Waals surface area contributed by atoms with Gasteiger partial charge in [-0.3, -0.25) is 9.59 Å². The van der Waals surface area contributed by atoms with E-state index >= 15 is 0 Å². The average molecular weight is 428 g/mol. The molecule has 0 saturated heterocycles. The molecule has 2 aliphatic rings. The van der Waals surface area contributed by atoms with Crippen LogP contribution in [0.15, 0.2) is 16.9 Å². The Morgan fingerprint density at radius 2 is 1.71 bits per heavy atom. The summed E-state index contributed by atoms with van der Waals surface area (Å²) in [5.74, 6) is -0.661. The molecule has 0 atom stereocenters.